The third kappa shape index (κ3) is 4.36. The molecule has 2 N–H and O–H groups in total. The molecular formula is C16H21N5O3S2. The number of amides is 1. The van der Waals surface area contributed by atoms with Crippen LogP contribution in [0.1, 0.15) is 30.3 Å². The average molecular weight is 396 g/mol. The summed E-state index contributed by atoms with van der Waals surface area (Å²) in [5.74, 6) is 0.819. The van der Waals surface area contributed by atoms with E-state index in [0.717, 1.165) is 23.1 Å². The second-order valence-corrected chi connectivity index (χ2v) is 8.05. The smallest absolute Gasteiger partial charge is 0.355 e. The van der Waals surface area contributed by atoms with Gasteiger partial charge in [-0.25, -0.2) is 9.78 Å². The SMILES string of the molecule is CCn1nccc1NC[C@H]1CCC(=O)N1CCSc1nc(C(=O)O)cs1. The Balaban J connectivity index is 1.50. The molecule has 1 aliphatic heterocycles. The Morgan fingerprint density at radius 2 is 2.38 bits per heavy atom. The largest absolute Gasteiger partial charge is 0.476 e. The van der Waals surface area contributed by atoms with Crippen molar-refractivity contribution < 1.29 is 14.7 Å². The lowest BCUT2D eigenvalue weighted by molar-refractivity contribution is -0.128. The maximum absolute atomic E-state index is 12.2. The van der Waals surface area contributed by atoms with Gasteiger partial charge in [0.15, 0.2) is 10.0 Å². The summed E-state index contributed by atoms with van der Waals surface area (Å²) in [7, 11) is 0. The van der Waals surface area contributed by atoms with Gasteiger partial charge in [-0.05, 0) is 13.3 Å². The summed E-state index contributed by atoms with van der Waals surface area (Å²) in [6.45, 7) is 4.16. The molecule has 1 atom stereocenters. The zero-order valence-corrected chi connectivity index (χ0v) is 16.1. The Morgan fingerprint density at radius 3 is 3.12 bits per heavy atom. The van der Waals surface area contributed by atoms with Gasteiger partial charge in [-0.2, -0.15) is 5.10 Å². The number of carbonyl (C=O) groups excluding carboxylic acids is 1. The lowest BCUT2D eigenvalue weighted by Crippen LogP contribution is -2.39. The van der Waals surface area contributed by atoms with Crippen molar-refractivity contribution in [3.05, 3.63) is 23.3 Å². The first kappa shape index (κ1) is 18.7. The maximum atomic E-state index is 12.2. The molecule has 3 rings (SSSR count). The number of anilines is 1. The molecule has 26 heavy (non-hydrogen) atoms. The first-order valence-electron chi connectivity index (χ1n) is 8.45. The number of carboxylic acids is 1. The molecule has 10 heteroatoms. The van der Waals surface area contributed by atoms with E-state index in [4.69, 9.17) is 5.11 Å². The van der Waals surface area contributed by atoms with Crippen molar-refractivity contribution in [2.75, 3.05) is 24.2 Å². The number of hydrogen-bond donors (Lipinski definition) is 2. The standard InChI is InChI=1S/C16H21N5O3S2/c1-2-21-13(5-6-18-21)17-9-11-3-4-14(22)20(11)7-8-25-16-19-12(10-26-16)15(23)24/h5-6,10-11,17H,2-4,7-9H2,1H3,(H,23,24)/t11-/m1/s1. The Morgan fingerprint density at radius 1 is 1.54 bits per heavy atom. The van der Waals surface area contributed by atoms with Gasteiger partial charge in [0.1, 0.15) is 5.82 Å². The van der Waals surface area contributed by atoms with Gasteiger partial charge in [0, 0.05) is 49.3 Å². The molecule has 0 saturated carbocycles. The summed E-state index contributed by atoms with van der Waals surface area (Å²) >= 11 is 2.81. The number of carbonyl (C=O) groups is 2. The van der Waals surface area contributed by atoms with Crippen LogP contribution in [0.25, 0.3) is 0 Å². The zero-order valence-electron chi connectivity index (χ0n) is 14.4. The maximum Gasteiger partial charge on any atom is 0.355 e. The number of hydrogen-bond acceptors (Lipinski definition) is 7. The third-order valence-electron chi connectivity index (χ3n) is 4.25. The molecule has 0 aromatic carbocycles. The highest BCUT2D eigenvalue weighted by Crippen LogP contribution is 2.25. The van der Waals surface area contributed by atoms with Gasteiger partial charge in [-0.15, -0.1) is 11.3 Å². The van der Waals surface area contributed by atoms with Crippen LogP contribution in [0.15, 0.2) is 22.0 Å². The highest BCUT2D eigenvalue weighted by molar-refractivity contribution is 8.01. The van der Waals surface area contributed by atoms with Crippen molar-refractivity contribution in [3.63, 3.8) is 0 Å². The normalized spacial score (nSPS) is 17.0. The Kier molecular flexibility index (Phi) is 6.15. The predicted molar refractivity (Wildman–Crippen MR) is 101 cm³/mol. The van der Waals surface area contributed by atoms with Crippen LogP contribution < -0.4 is 5.32 Å². The van der Waals surface area contributed by atoms with E-state index in [1.807, 2.05) is 22.6 Å². The van der Waals surface area contributed by atoms with Crippen LogP contribution in [0.4, 0.5) is 5.82 Å². The number of aromatic carboxylic acids is 1. The first-order valence-corrected chi connectivity index (χ1v) is 10.3. The van der Waals surface area contributed by atoms with E-state index in [1.165, 1.54) is 28.5 Å². The molecule has 0 aliphatic carbocycles. The van der Waals surface area contributed by atoms with Gasteiger partial charge in [-0.3, -0.25) is 9.48 Å². The molecule has 0 radical (unpaired) electrons. The first-order chi connectivity index (χ1) is 12.6. The van der Waals surface area contributed by atoms with Gasteiger partial charge in [0.05, 0.1) is 6.20 Å². The number of nitrogens with zero attached hydrogens (tertiary/aromatic N) is 4. The van der Waals surface area contributed by atoms with E-state index >= 15 is 0 Å². The van der Waals surface area contributed by atoms with Crippen molar-refractivity contribution in [3.8, 4) is 0 Å². The van der Waals surface area contributed by atoms with Crippen molar-refractivity contribution >= 4 is 40.8 Å². The van der Waals surface area contributed by atoms with Crippen LogP contribution in [-0.4, -0.2) is 61.5 Å². The molecular weight excluding hydrogens is 374 g/mol. The lowest BCUT2D eigenvalue weighted by atomic mass is 10.2. The van der Waals surface area contributed by atoms with Crippen LogP contribution in [0, 0.1) is 0 Å². The summed E-state index contributed by atoms with van der Waals surface area (Å²) in [5, 5.41) is 18.1. The summed E-state index contributed by atoms with van der Waals surface area (Å²) < 4.78 is 2.61. The van der Waals surface area contributed by atoms with E-state index in [9.17, 15) is 9.59 Å². The Bertz CT molecular complexity index is 776. The number of aryl methyl sites for hydroxylation is 1. The fraction of sp³-hybridized carbons (Fsp3) is 0.500. The van der Waals surface area contributed by atoms with Crippen LogP contribution >= 0.6 is 23.1 Å². The second-order valence-electron chi connectivity index (χ2n) is 5.85. The van der Waals surface area contributed by atoms with Gasteiger partial charge in [-0.1, -0.05) is 11.8 Å². The monoisotopic (exact) mass is 395 g/mol. The van der Waals surface area contributed by atoms with Gasteiger partial charge >= 0.3 is 5.97 Å². The van der Waals surface area contributed by atoms with E-state index in [1.54, 1.807) is 6.20 Å². The molecule has 0 bridgehead atoms. The van der Waals surface area contributed by atoms with Crippen molar-refractivity contribution in [1.82, 2.24) is 19.7 Å². The molecule has 1 saturated heterocycles. The van der Waals surface area contributed by atoms with Gasteiger partial charge < -0.3 is 15.3 Å². The fourth-order valence-electron chi connectivity index (χ4n) is 2.92. The third-order valence-corrected chi connectivity index (χ3v) is 6.25. The summed E-state index contributed by atoms with van der Waals surface area (Å²) in [5.41, 5.74) is 0.0735. The molecule has 2 aromatic heterocycles. The molecule has 1 amide bonds. The number of carboxylic acid groups (broad SMARTS) is 1. The van der Waals surface area contributed by atoms with Crippen LogP contribution in [0.3, 0.4) is 0 Å². The molecule has 0 unspecified atom stereocenters. The fourth-order valence-corrected chi connectivity index (χ4v) is 4.73. The summed E-state index contributed by atoms with van der Waals surface area (Å²) in [6, 6.07) is 2.09. The quantitative estimate of drug-likeness (QED) is 0.628. The molecule has 1 aliphatic rings. The van der Waals surface area contributed by atoms with Gasteiger partial charge in [0.25, 0.3) is 0 Å². The van der Waals surface area contributed by atoms with Crippen LogP contribution in [-0.2, 0) is 11.3 Å². The minimum atomic E-state index is -1.01. The predicted octanol–water partition coefficient (Wildman–Crippen LogP) is 2.25. The highest BCUT2D eigenvalue weighted by Gasteiger charge is 2.30. The van der Waals surface area contributed by atoms with Crippen LogP contribution in [0.2, 0.25) is 0 Å². The number of likely N-dealkylation sites (tertiary alicyclic amines) is 1. The molecule has 0 spiro atoms. The van der Waals surface area contributed by atoms with Crippen molar-refractivity contribution in [1.29, 1.82) is 0 Å². The molecule has 1 fully saturated rings. The number of nitrogens with one attached hydrogen (secondary N) is 1. The lowest BCUT2D eigenvalue weighted by Gasteiger charge is -2.25. The number of rotatable bonds is 9. The molecule has 3 heterocycles. The second kappa shape index (κ2) is 8.54. The Hall–Kier alpha value is -2.07. The zero-order chi connectivity index (χ0) is 18.5. The average Bonchev–Trinajstić information content (AvgIpc) is 3.34. The molecule has 140 valence electrons. The highest BCUT2D eigenvalue weighted by atomic mass is 32.2. The van der Waals surface area contributed by atoms with Crippen LogP contribution in [0.5, 0.6) is 0 Å². The number of thioether (sulfide) groups is 1. The number of aromatic nitrogens is 3. The Labute approximate surface area is 159 Å². The summed E-state index contributed by atoms with van der Waals surface area (Å²) in [6.07, 6.45) is 3.18. The minimum absolute atomic E-state index is 0.0735. The van der Waals surface area contributed by atoms with Crippen molar-refractivity contribution in [2.24, 2.45) is 0 Å². The van der Waals surface area contributed by atoms with E-state index in [-0.39, 0.29) is 17.6 Å². The topological polar surface area (TPSA) is 100 Å². The van der Waals surface area contributed by atoms with Crippen molar-refractivity contribution in [2.45, 2.75) is 36.7 Å². The van der Waals surface area contributed by atoms with E-state index in [0.29, 0.717) is 25.3 Å². The molecule has 2 aromatic rings. The minimum Gasteiger partial charge on any atom is -0.476 e. The van der Waals surface area contributed by atoms with E-state index < -0.39 is 5.97 Å². The van der Waals surface area contributed by atoms with Gasteiger partial charge in [0.2, 0.25) is 5.91 Å². The number of thiazole rings is 1. The molecule has 8 nitrogen and oxygen atoms in total. The summed E-state index contributed by atoms with van der Waals surface area (Å²) in [4.78, 5) is 29.0. The van der Waals surface area contributed by atoms with E-state index in [2.05, 4.69) is 15.4 Å².